The number of phenolic OH excluding ortho intramolecular Hbond substituents is 2. The minimum Gasteiger partial charge on any atom is -0.508 e. The number of amides is 1. The molecule has 0 spiro atoms. The van der Waals surface area contributed by atoms with Gasteiger partial charge in [0.25, 0.3) is 0 Å². The molecule has 0 saturated heterocycles. The van der Waals surface area contributed by atoms with Gasteiger partial charge in [0.1, 0.15) is 18.0 Å². The lowest BCUT2D eigenvalue weighted by atomic mass is 10.0. The maximum atomic E-state index is 12.0. The lowest BCUT2D eigenvalue weighted by Crippen LogP contribution is -2.25. The normalized spacial score (nSPS) is 11.3. The zero-order chi connectivity index (χ0) is 17.5. The Morgan fingerprint density at radius 2 is 1.83 bits per heavy atom. The van der Waals surface area contributed by atoms with Gasteiger partial charge in [0.2, 0.25) is 5.91 Å². The van der Waals surface area contributed by atoms with Crippen LogP contribution in [0.15, 0.2) is 47.5 Å². The maximum absolute atomic E-state index is 12.0. The standard InChI is InChI=1S/C19H22N2O3/c1-3-16(15-9-10-17(22)13(2)19(15)24)20-12-18(23)21-11-14-7-5-4-6-8-14/h4-10,22,24H,3,11-12H2,1-2H3,(H,21,23)/b20-16+. The molecule has 0 atom stereocenters. The van der Waals surface area contributed by atoms with Crippen LogP contribution in [0, 0.1) is 6.92 Å². The number of carbonyl (C=O) groups excluding carboxylic acids is 1. The number of benzene rings is 2. The van der Waals surface area contributed by atoms with Gasteiger partial charge >= 0.3 is 0 Å². The fourth-order valence-corrected chi connectivity index (χ4v) is 2.33. The summed E-state index contributed by atoms with van der Waals surface area (Å²) in [6.45, 7) is 3.99. The number of nitrogens with zero attached hydrogens (tertiary/aromatic N) is 1. The second-order valence-corrected chi connectivity index (χ2v) is 5.48. The quantitative estimate of drug-likeness (QED) is 0.714. The number of aliphatic imine (C=N–C) groups is 1. The predicted octanol–water partition coefficient (Wildman–Crippen LogP) is 2.92. The minimum absolute atomic E-state index is 0.000272. The van der Waals surface area contributed by atoms with E-state index in [1.807, 2.05) is 37.3 Å². The van der Waals surface area contributed by atoms with E-state index in [-0.39, 0.29) is 24.0 Å². The van der Waals surface area contributed by atoms with Crippen molar-refractivity contribution in [2.24, 2.45) is 4.99 Å². The average molecular weight is 326 g/mol. The van der Waals surface area contributed by atoms with Crippen molar-refractivity contribution < 1.29 is 15.0 Å². The highest BCUT2D eigenvalue weighted by molar-refractivity contribution is 6.04. The van der Waals surface area contributed by atoms with Gasteiger partial charge in [0.15, 0.2) is 0 Å². The molecule has 2 aromatic carbocycles. The number of nitrogens with one attached hydrogen (secondary N) is 1. The molecular formula is C19H22N2O3. The fraction of sp³-hybridized carbons (Fsp3) is 0.263. The second kappa shape index (κ2) is 8.15. The third-order valence-corrected chi connectivity index (χ3v) is 3.79. The Bertz CT molecular complexity index is 740. The first-order chi connectivity index (χ1) is 11.5. The zero-order valence-corrected chi connectivity index (χ0v) is 13.9. The van der Waals surface area contributed by atoms with E-state index in [9.17, 15) is 15.0 Å². The van der Waals surface area contributed by atoms with Crippen LogP contribution in [-0.2, 0) is 11.3 Å². The lowest BCUT2D eigenvalue weighted by Gasteiger charge is -2.10. The summed E-state index contributed by atoms with van der Waals surface area (Å²) < 4.78 is 0. The molecule has 3 N–H and O–H groups in total. The maximum Gasteiger partial charge on any atom is 0.241 e. The Hall–Kier alpha value is -2.82. The topological polar surface area (TPSA) is 81.9 Å². The van der Waals surface area contributed by atoms with Gasteiger partial charge in [0.05, 0.1) is 0 Å². The Balaban J connectivity index is 2.03. The molecular weight excluding hydrogens is 304 g/mol. The van der Waals surface area contributed by atoms with E-state index in [0.29, 0.717) is 29.8 Å². The van der Waals surface area contributed by atoms with Crippen LogP contribution in [0.2, 0.25) is 0 Å². The van der Waals surface area contributed by atoms with Crippen LogP contribution in [0.5, 0.6) is 11.5 Å². The van der Waals surface area contributed by atoms with E-state index < -0.39 is 0 Å². The molecule has 0 radical (unpaired) electrons. The van der Waals surface area contributed by atoms with E-state index in [1.54, 1.807) is 13.0 Å². The number of carbonyl (C=O) groups is 1. The van der Waals surface area contributed by atoms with Crippen LogP contribution in [0.1, 0.15) is 30.0 Å². The summed E-state index contributed by atoms with van der Waals surface area (Å²) in [5, 5.41) is 22.6. The lowest BCUT2D eigenvalue weighted by molar-refractivity contribution is -0.119. The van der Waals surface area contributed by atoms with Crippen LogP contribution < -0.4 is 5.32 Å². The third-order valence-electron chi connectivity index (χ3n) is 3.79. The van der Waals surface area contributed by atoms with Crippen molar-refractivity contribution in [1.82, 2.24) is 5.32 Å². The summed E-state index contributed by atoms with van der Waals surface area (Å²) in [5.74, 6) is -0.146. The Morgan fingerprint density at radius 1 is 1.12 bits per heavy atom. The first-order valence-corrected chi connectivity index (χ1v) is 7.88. The summed E-state index contributed by atoms with van der Waals surface area (Å²) in [5.41, 5.74) is 2.61. The molecule has 0 aliphatic rings. The molecule has 0 aromatic heterocycles. The number of rotatable bonds is 6. The molecule has 0 unspecified atom stereocenters. The van der Waals surface area contributed by atoms with Crippen LogP contribution in [0.3, 0.4) is 0 Å². The molecule has 1 amide bonds. The third kappa shape index (κ3) is 4.35. The highest BCUT2D eigenvalue weighted by atomic mass is 16.3. The Morgan fingerprint density at radius 3 is 2.50 bits per heavy atom. The van der Waals surface area contributed by atoms with Crippen molar-refractivity contribution >= 4 is 11.6 Å². The number of aromatic hydroxyl groups is 2. The molecule has 0 bridgehead atoms. The summed E-state index contributed by atoms with van der Waals surface area (Å²) in [6.07, 6.45) is 0.573. The van der Waals surface area contributed by atoms with Crippen molar-refractivity contribution in [1.29, 1.82) is 0 Å². The molecule has 0 saturated carbocycles. The molecule has 0 aliphatic carbocycles. The smallest absolute Gasteiger partial charge is 0.241 e. The average Bonchev–Trinajstić information content (AvgIpc) is 2.61. The molecule has 2 rings (SSSR count). The van der Waals surface area contributed by atoms with Gasteiger partial charge in [-0.3, -0.25) is 9.79 Å². The van der Waals surface area contributed by atoms with Crippen molar-refractivity contribution in [3.63, 3.8) is 0 Å². The molecule has 0 aliphatic heterocycles. The van der Waals surface area contributed by atoms with Crippen LogP contribution in [0.4, 0.5) is 0 Å². The monoisotopic (exact) mass is 326 g/mol. The van der Waals surface area contributed by atoms with Gasteiger partial charge in [-0.1, -0.05) is 37.3 Å². The molecule has 24 heavy (non-hydrogen) atoms. The SMILES string of the molecule is CC/C(=N\CC(=O)NCc1ccccc1)c1ccc(O)c(C)c1O. The highest BCUT2D eigenvalue weighted by Gasteiger charge is 2.12. The van der Waals surface area contributed by atoms with Gasteiger partial charge in [0, 0.05) is 23.4 Å². The second-order valence-electron chi connectivity index (χ2n) is 5.48. The molecule has 5 heteroatoms. The molecule has 126 valence electrons. The van der Waals surface area contributed by atoms with Crippen molar-refractivity contribution in [2.75, 3.05) is 6.54 Å². The number of phenols is 2. The Kier molecular flexibility index (Phi) is 5.95. The fourth-order valence-electron chi connectivity index (χ4n) is 2.33. The van der Waals surface area contributed by atoms with E-state index in [1.165, 1.54) is 6.07 Å². The van der Waals surface area contributed by atoms with Crippen LogP contribution in [-0.4, -0.2) is 28.4 Å². The molecule has 0 heterocycles. The number of hydrogen-bond donors (Lipinski definition) is 3. The van der Waals surface area contributed by atoms with Crippen LogP contribution >= 0.6 is 0 Å². The van der Waals surface area contributed by atoms with E-state index in [2.05, 4.69) is 10.3 Å². The molecule has 5 nitrogen and oxygen atoms in total. The van der Waals surface area contributed by atoms with Gasteiger partial charge in [-0.25, -0.2) is 0 Å². The van der Waals surface area contributed by atoms with Gasteiger partial charge < -0.3 is 15.5 Å². The predicted molar refractivity (Wildman–Crippen MR) is 94.5 cm³/mol. The minimum atomic E-state index is -0.181. The van der Waals surface area contributed by atoms with E-state index in [4.69, 9.17) is 0 Å². The van der Waals surface area contributed by atoms with E-state index in [0.717, 1.165) is 5.56 Å². The molecule has 0 fully saturated rings. The Labute approximate surface area is 141 Å². The van der Waals surface area contributed by atoms with Gasteiger partial charge in [-0.05, 0) is 31.0 Å². The van der Waals surface area contributed by atoms with Crippen molar-refractivity contribution in [3.05, 3.63) is 59.2 Å². The summed E-state index contributed by atoms with van der Waals surface area (Å²) >= 11 is 0. The van der Waals surface area contributed by atoms with E-state index >= 15 is 0 Å². The summed E-state index contributed by atoms with van der Waals surface area (Å²) in [7, 11) is 0. The zero-order valence-electron chi connectivity index (χ0n) is 13.9. The first-order valence-electron chi connectivity index (χ1n) is 7.88. The summed E-state index contributed by atoms with van der Waals surface area (Å²) in [6, 6.07) is 12.8. The van der Waals surface area contributed by atoms with Crippen molar-refractivity contribution in [2.45, 2.75) is 26.8 Å². The first kappa shape index (κ1) is 17.5. The van der Waals surface area contributed by atoms with Gasteiger partial charge in [-0.2, -0.15) is 0 Å². The number of hydrogen-bond acceptors (Lipinski definition) is 4. The van der Waals surface area contributed by atoms with Gasteiger partial charge in [-0.15, -0.1) is 0 Å². The van der Waals surface area contributed by atoms with Crippen LogP contribution in [0.25, 0.3) is 0 Å². The highest BCUT2D eigenvalue weighted by Crippen LogP contribution is 2.30. The molecule has 2 aromatic rings. The summed E-state index contributed by atoms with van der Waals surface area (Å²) in [4.78, 5) is 16.3. The van der Waals surface area contributed by atoms with Crippen molar-refractivity contribution in [3.8, 4) is 11.5 Å². The largest absolute Gasteiger partial charge is 0.508 e.